The smallest absolute Gasteiger partial charge is 0.306 e. The average Bonchev–Trinajstić information content (AvgIpc) is 3.22. The fourth-order valence-electron chi connectivity index (χ4n) is 6.06. The van der Waals surface area contributed by atoms with Gasteiger partial charge in [0.25, 0.3) is 0 Å². The van der Waals surface area contributed by atoms with E-state index in [1.165, 1.54) is 19.3 Å². The minimum absolute atomic E-state index is 0.115. The van der Waals surface area contributed by atoms with Crippen LogP contribution in [0.15, 0.2) is 97.2 Å². The highest BCUT2D eigenvalue weighted by Gasteiger charge is 2.44. The summed E-state index contributed by atoms with van der Waals surface area (Å²) in [6.45, 7) is 4.23. The van der Waals surface area contributed by atoms with Crippen molar-refractivity contribution >= 4 is 5.97 Å². The fraction of sp³-hybridized carbons (Fsp3) is 0.653. The summed E-state index contributed by atoms with van der Waals surface area (Å²) in [5, 5.41) is 40.1. The molecule has 9 heteroatoms. The lowest BCUT2D eigenvalue weighted by molar-refractivity contribution is -0.305. The topological polar surface area (TPSA) is 135 Å². The van der Waals surface area contributed by atoms with Gasteiger partial charge >= 0.3 is 5.97 Å². The van der Waals surface area contributed by atoms with Crippen LogP contribution < -0.4 is 0 Å². The Balaban J connectivity index is 2.32. The molecule has 0 amide bonds. The Hall–Kier alpha value is -2.89. The Bertz CT molecular complexity index is 1200. The third kappa shape index (κ3) is 30.2. The van der Waals surface area contributed by atoms with Gasteiger partial charge < -0.3 is 39.4 Å². The number of unbranched alkanes of at least 4 members (excludes halogenated alkanes) is 9. The zero-order chi connectivity index (χ0) is 42.2. The van der Waals surface area contributed by atoms with Crippen molar-refractivity contribution in [3.8, 4) is 0 Å². The average molecular weight is 813 g/mol. The third-order valence-electron chi connectivity index (χ3n) is 9.50. The van der Waals surface area contributed by atoms with E-state index in [-0.39, 0.29) is 25.6 Å². The van der Waals surface area contributed by atoms with Crippen LogP contribution in [0.4, 0.5) is 0 Å². The van der Waals surface area contributed by atoms with Gasteiger partial charge in [0.05, 0.1) is 19.8 Å². The lowest BCUT2D eigenvalue weighted by Gasteiger charge is -2.39. The van der Waals surface area contributed by atoms with Crippen molar-refractivity contribution in [1.29, 1.82) is 0 Å². The minimum Gasteiger partial charge on any atom is -0.457 e. The molecule has 1 aliphatic rings. The molecule has 6 atom stereocenters. The molecule has 1 aliphatic heterocycles. The highest BCUT2D eigenvalue weighted by atomic mass is 16.7. The van der Waals surface area contributed by atoms with Gasteiger partial charge in [-0.3, -0.25) is 4.79 Å². The molecule has 1 fully saturated rings. The molecule has 58 heavy (non-hydrogen) atoms. The van der Waals surface area contributed by atoms with Crippen molar-refractivity contribution in [2.24, 2.45) is 0 Å². The van der Waals surface area contributed by atoms with E-state index in [1.54, 1.807) is 0 Å². The lowest BCUT2D eigenvalue weighted by Crippen LogP contribution is -2.59. The summed E-state index contributed by atoms with van der Waals surface area (Å²) in [6, 6.07) is 0. The molecule has 0 aromatic carbocycles. The third-order valence-corrected chi connectivity index (χ3v) is 9.50. The molecule has 4 N–H and O–H groups in total. The Kier molecular flexibility index (Phi) is 36.2. The minimum atomic E-state index is -1.55. The number of rotatable bonds is 36. The Morgan fingerprint density at radius 3 is 1.50 bits per heavy atom. The maximum Gasteiger partial charge on any atom is 0.306 e. The predicted molar refractivity (Wildman–Crippen MR) is 237 cm³/mol. The van der Waals surface area contributed by atoms with Gasteiger partial charge in [-0.25, -0.2) is 0 Å². The Labute approximate surface area is 352 Å². The van der Waals surface area contributed by atoms with Gasteiger partial charge in [0.1, 0.15) is 30.5 Å². The molecule has 0 aliphatic carbocycles. The molecule has 0 aromatic heterocycles. The number of ether oxygens (including phenoxy) is 4. The van der Waals surface area contributed by atoms with Gasteiger partial charge in [0, 0.05) is 13.0 Å². The first kappa shape index (κ1) is 53.1. The van der Waals surface area contributed by atoms with Crippen LogP contribution in [0.1, 0.15) is 142 Å². The summed E-state index contributed by atoms with van der Waals surface area (Å²) in [7, 11) is 0. The number of aliphatic hydroxyl groups excluding tert-OH is 4. The van der Waals surface area contributed by atoms with Gasteiger partial charge in [-0.15, -0.1) is 0 Å². The molecule has 0 radical (unpaired) electrons. The Morgan fingerprint density at radius 2 is 1.00 bits per heavy atom. The van der Waals surface area contributed by atoms with Gasteiger partial charge in [0.15, 0.2) is 6.29 Å². The van der Waals surface area contributed by atoms with Crippen LogP contribution in [0.5, 0.6) is 0 Å². The monoisotopic (exact) mass is 813 g/mol. The van der Waals surface area contributed by atoms with Crippen LogP contribution in [0.2, 0.25) is 0 Å². The first-order chi connectivity index (χ1) is 28.4. The molecular weight excluding hydrogens is 733 g/mol. The Morgan fingerprint density at radius 1 is 0.552 bits per heavy atom. The SMILES string of the molecule is CC/C=C\C/C=C\C/C=C\C/C=C\C/C=C\CCCCCC(=O)OC(COCCCCCCCC/C=C\C/C=C\C/C=C\CC)COC1OC(CO)C(O)C(O)C1O. The van der Waals surface area contributed by atoms with E-state index in [2.05, 4.69) is 111 Å². The van der Waals surface area contributed by atoms with Crippen LogP contribution in [-0.2, 0) is 23.7 Å². The van der Waals surface area contributed by atoms with Crippen molar-refractivity contribution in [3.63, 3.8) is 0 Å². The van der Waals surface area contributed by atoms with Crippen LogP contribution in [0, 0.1) is 0 Å². The second kappa shape index (κ2) is 39.6. The highest BCUT2D eigenvalue weighted by Crippen LogP contribution is 2.22. The number of carbonyl (C=O) groups excluding carboxylic acids is 1. The zero-order valence-electron chi connectivity index (χ0n) is 36.0. The molecule has 1 rings (SSSR count). The second-order valence-electron chi connectivity index (χ2n) is 14.7. The molecule has 0 spiro atoms. The molecule has 0 saturated carbocycles. The van der Waals surface area contributed by atoms with E-state index in [0.29, 0.717) is 13.0 Å². The van der Waals surface area contributed by atoms with E-state index in [4.69, 9.17) is 18.9 Å². The van der Waals surface area contributed by atoms with Crippen LogP contribution in [0.3, 0.4) is 0 Å². The number of carbonyl (C=O) groups is 1. The van der Waals surface area contributed by atoms with Gasteiger partial charge in [-0.05, 0) is 89.9 Å². The molecule has 1 heterocycles. The number of esters is 1. The van der Waals surface area contributed by atoms with Crippen LogP contribution in [0.25, 0.3) is 0 Å². The molecule has 0 bridgehead atoms. The maximum absolute atomic E-state index is 12.8. The van der Waals surface area contributed by atoms with E-state index >= 15 is 0 Å². The lowest BCUT2D eigenvalue weighted by atomic mass is 9.99. The quantitative estimate of drug-likeness (QED) is 0.0277. The van der Waals surface area contributed by atoms with Crippen LogP contribution >= 0.6 is 0 Å². The van der Waals surface area contributed by atoms with E-state index in [1.807, 2.05) is 0 Å². The largest absolute Gasteiger partial charge is 0.457 e. The van der Waals surface area contributed by atoms with Crippen molar-refractivity contribution in [1.82, 2.24) is 0 Å². The van der Waals surface area contributed by atoms with Crippen LogP contribution in [-0.4, -0.2) is 89.6 Å². The molecule has 1 saturated heterocycles. The summed E-state index contributed by atoms with van der Waals surface area (Å²) < 4.78 is 22.8. The van der Waals surface area contributed by atoms with Crippen molar-refractivity contribution in [2.75, 3.05) is 26.4 Å². The first-order valence-electron chi connectivity index (χ1n) is 22.3. The van der Waals surface area contributed by atoms with Gasteiger partial charge in [-0.1, -0.05) is 143 Å². The van der Waals surface area contributed by atoms with Crippen molar-refractivity contribution in [2.45, 2.75) is 179 Å². The summed E-state index contributed by atoms with van der Waals surface area (Å²) in [4.78, 5) is 12.8. The predicted octanol–water partition coefficient (Wildman–Crippen LogP) is 10.0. The summed E-state index contributed by atoms with van der Waals surface area (Å²) in [6.07, 6.45) is 47.1. The number of aliphatic hydroxyl groups is 4. The van der Waals surface area contributed by atoms with Crippen molar-refractivity contribution < 1.29 is 44.2 Å². The molecule has 9 nitrogen and oxygen atoms in total. The zero-order valence-corrected chi connectivity index (χ0v) is 36.0. The highest BCUT2D eigenvalue weighted by molar-refractivity contribution is 5.69. The molecule has 6 unspecified atom stereocenters. The second-order valence-corrected chi connectivity index (χ2v) is 14.7. The standard InChI is InChI=1S/C49H80O9/c1-3-5-7-9-11-13-15-17-19-21-22-23-24-26-28-30-32-34-36-38-45(51)57-43(42-56-49-48(54)47(53)46(52)44(40-50)58-49)41-55-39-37-35-33-31-29-27-25-20-18-16-14-12-10-8-6-4-2/h5-8,11-14,17-20,22-23,26,28,43-44,46-50,52-54H,3-4,9-10,15-16,21,24-25,27,29-42H2,1-2H3/b7-5-,8-6-,13-11-,14-12-,19-17-,20-18-,23-22-,28-26-. The normalized spacial score (nSPS) is 21.2. The number of hydrogen-bond acceptors (Lipinski definition) is 9. The number of allylic oxidation sites excluding steroid dienone is 16. The summed E-state index contributed by atoms with van der Waals surface area (Å²) >= 11 is 0. The van der Waals surface area contributed by atoms with E-state index in [0.717, 1.165) is 96.3 Å². The maximum atomic E-state index is 12.8. The molecule has 330 valence electrons. The van der Waals surface area contributed by atoms with Gasteiger partial charge in [-0.2, -0.15) is 0 Å². The summed E-state index contributed by atoms with van der Waals surface area (Å²) in [5.74, 6) is -0.355. The van der Waals surface area contributed by atoms with Gasteiger partial charge in [0.2, 0.25) is 0 Å². The molecule has 0 aromatic rings. The first-order valence-corrected chi connectivity index (χ1v) is 22.3. The van der Waals surface area contributed by atoms with Crippen molar-refractivity contribution in [3.05, 3.63) is 97.2 Å². The number of hydrogen-bond donors (Lipinski definition) is 4. The molecular formula is C49H80O9. The van der Waals surface area contributed by atoms with E-state index in [9.17, 15) is 25.2 Å². The summed E-state index contributed by atoms with van der Waals surface area (Å²) in [5.41, 5.74) is 0. The fourth-order valence-corrected chi connectivity index (χ4v) is 6.06. The van der Waals surface area contributed by atoms with E-state index < -0.39 is 43.4 Å².